The number of benzene rings is 2. The summed E-state index contributed by atoms with van der Waals surface area (Å²) in [5, 5.41) is 3.91. The van der Waals surface area contributed by atoms with E-state index in [4.69, 9.17) is 11.6 Å². The molecule has 140 valence electrons. The van der Waals surface area contributed by atoms with Crippen molar-refractivity contribution >= 4 is 50.0 Å². The zero-order chi connectivity index (χ0) is 19.0. The van der Waals surface area contributed by atoms with Gasteiger partial charge in [-0.15, -0.1) is 0 Å². The minimum absolute atomic E-state index is 0.176. The van der Waals surface area contributed by atoms with Crippen LogP contribution in [0.25, 0.3) is 10.2 Å². The molecule has 1 saturated heterocycles. The van der Waals surface area contributed by atoms with Gasteiger partial charge in [0.25, 0.3) is 0 Å². The number of hydrogen-bond acceptors (Lipinski definition) is 4. The van der Waals surface area contributed by atoms with Crippen LogP contribution in [0.4, 0.5) is 24.4 Å². The monoisotopic (exact) mass is 408 g/mol. The molecule has 2 aromatic carbocycles. The molecule has 0 aliphatic carbocycles. The fourth-order valence-corrected chi connectivity index (χ4v) is 4.18. The van der Waals surface area contributed by atoms with Gasteiger partial charge in [-0.2, -0.15) is 0 Å². The van der Waals surface area contributed by atoms with Crippen LogP contribution in [0.15, 0.2) is 36.4 Å². The second kappa shape index (κ2) is 7.28. The molecular formula is C18H15ClF2N4OS. The Kier molecular flexibility index (Phi) is 4.84. The van der Waals surface area contributed by atoms with E-state index >= 15 is 0 Å². The lowest BCUT2D eigenvalue weighted by atomic mass is 10.3. The first-order chi connectivity index (χ1) is 13.0. The van der Waals surface area contributed by atoms with Crippen LogP contribution < -0.4 is 10.2 Å². The number of rotatable bonds is 2. The van der Waals surface area contributed by atoms with E-state index in [0.717, 1.165) is 6.07 Å². The van der Waals surface area contributed by atoms with E-state index in [9.17, 15) is 13.6 Å². The average Bonchev–Trinajstić information content (AvgIpc) is 3.08. The Bertz CT molecular complexity index is 1000. The van der Waals surface area contributed by atoms with Gasteiger partial charge in [0.2, 0.25) is 0 Å². The summed E-state index contributed by atoms with van der Waals surface area (Å²) in [7, 11) is 0. The molecule has 2 amide bonds. The van der Waals surface area contributed by atoms with Crippen LogP contribution in [0, 0.1) is 11.6 Å². The first kappa shape index (κ1) is 17.9. The number of fused-ring (bicyclic) bond motifs is 1. The number of carbonyl (C=O) groups is 1. The Labute approximate surface area is 163 Å². The molecule has 0 saturated carbocycles. The number of nitrogens with zero attached hydrogens (tertiary/aromatic N) is 3. The number of hydrogen-bond donors (Lipinski definition) is 1. The zero-order valence-corrected chi connectivity index (χ0v) is 15.7. The van der Waals surface area contributed by atoms with E-state index in [1.807, 2.05) is 4.90 Å². The molecule has 2 heterocycles. The van der Waals surface area contributed by atoms with Crippen LogP contribution in [0.5, 0.6) is 0 Å². The van der Waals surface area contributed by atoms with E-state index in [0.29, 0.717) is 46.7 Å². The summed E-state index contributed by atoms with van der Waals surface area (Å²) in [4.78, 5) is 20.4. The molecule has 0 unspecified atom stereocenters. The maximum Gasteiger partial charge on any atom is 0.322 e. The summed E-state index contributed by atoms with van der Waals surface area (Å²) in [6.07, 6.45) is 0. The number of nitrogens with one attached hydrogen (secondary N) is 1. The molecule has 0 atom stereocenters. The molecule has 1 fully saturated rings. The number of para-hydroxylation sites is 1. The Morgan fingerprint density at radius 1 is 1.15 bits per heavy atom. The van der Waals surface area contributed by atoms with Gasteiger partial charge in [0, 0.05) is 32.2 Å². The van der Waals surface area contributed by atoms with Gasteiger partial charge in [0.05, 0.1) is 15.4 Å². The summed E-state index contributed by atoms with van der Waals surface area (Å²) < 4.78 is 27.7. The maximum atomic E-state index is 13.8. The molecule has 1 aliphatic heterocycles. The Morgan fingerprint density at radius 3 is 2.63 bits per heavy atom. The van der Waals surface area contributed by atoms with Crippen molar-refractivity contribution < 1.29 is 13.6 Å². The first-order valence-corrected chi connectivity index (χ1v) is 9.52. The lowest BCUT2D eigenvalue weighted by Gasteiger charge is -2.34. The van der Waals surface area contributed by atoms with E-state index in [-0.39, 0.29) is 11.5 Å². The van der Waals surface area contributed by atoms with Crippen molar-refractivity contribution in [1.29, 1.82) is 0 Å². The number of piperazine rings is 1. The van der Waals surface area contributed by atoms with Crippen molar-refractivity contribution in [3.8, 4) is 0 Å². The molecule has 1 aromatic heterocycles. The van der Waals surface area contributed by atoms with Crippen molar-refractivity contribution in [3.05, 3.63) is 53.1 Å². The number of anilines is 2. The zero-order valence-electron chi connectivity index (χ0n) is 14.1. The lowest BCUT2D eigenvalue weighted by Crippen LogP contribution is -2.50. The third-order valence-electron chi connectivity index (χ3n) is 4.35. The van der Waals surface area contributed by atoms with Crippen LogP contribution >= 0.6 is 22.9 Å². The number of aromatic nitrogens is 1. The van der Waals surface area contributed by atoms with Gasteiger partial charge >= 0.3 is 6.03 Å². The normalized spacial score (nSPS) is 14.6. The highest BCUT2D eigenvalue weighted by Crippen LogP contribution is 2.31. The summed E-state index contributed by atoms with van der Waals surface area (Å²) in [6, 6.07) is 8.95. The number of amides is 2. The van der Waals surface area contributed by atoms with E-state index in [1.165, 1.54) is 17.4 Å². The number of carbonyl (C=O) groups excluding carboxylic acids is 1. The van der Waals surface area contributed by atoms with Crippen molar-refractivity contribution in [1.82, 2.24) is 9.88 Å². The van der Waals surface area contributed by atoms with Crippen LogP contribution in [0.2, 0.25) is 5.02 Å². The van der Waals surface area contributed by atoms with Crippen molar-refractivity contribution in [2.45, 2.75) is 0 Å². The minimum atomic E-state index is -0.662. The number of halogens is 3. The van der Waals surface area contributed by atoms with Crippen molar-refractivity contribution in [2.24, 2.45) is 0 Å². The third kappa shape index (κ3) is 3.68. The molecular weight excluding hydrogens is 394 g/mol. The lowest BCUT2D eigenvalue weighted by molar-refractivity contribution is 0.208. The molecule has 0 bridgehead atoms. The highest BCUT2D eigenvalue weighted by molar-refractivity contribution is 7.22. The molecule has 3 aromatic rings. The topological polar surface area (TPSA) is 48.5 Å². The fraction of sp³-hybridized carbons (Fsp3) is 0.222. The van der Waals surface area contributed by atoms with Gasteiger partial charge < -0.3 is 15.1 Å². The molecule has 1 N–H and O–H groups in total. The second-order valence-corrected chi connectivity index (χ2v) is 7.53. The molecule has 5 nitrogen and oxygen atoms in total. The average molecular weight is 409 g/mol. The molecule has 9 heteroatoms. The third-order valence-corrected chi connectivity index (χ3v) is 5.75. The molecule has 27 heavy (non-hydrogen) atoms. The van der Waals surface area contributed by atoms with Crippen LogP contribution in [0.1, 0.15) is 0 Å². The summed E-state index contributed by atoms with van der Waals surface area (Å²) in [5.41, 5.74) is 0.741. The van der Waals surface area contributed by atoms with Gasteiger partial charge in [0.15, 0.2) is 10.9 Å². The minimum Gasteiger partial charge on any atom is -0.345 e. The van der Waals surface area contributed by atoms with Crippen LogP contribution in [0.3, 0.4) is 0 Å². The first-order valence-electron chi connectivity index (χ1n) is 8.32. The van der Waals surface area contributed by atoms with E-state index < -0.39 is 11.6 Å². The van der Waals surface area contributed by atoms with E-state index in [1.54, 1.807) is 29.2 Å². The Hall–Kier alpha value is -2.45. The molecule has 0 radical (unpaired) electrons. The Balaban J connectivity index is 1.42. The largest absolute Gasteiger partial charge is 0.345 e. The predicted octanol–water partition coefficient (Wildman–Crippen LogP) is 4.58. The SMILES string of the molecule is O=C(Nc1ccccc1Cl)N1CCN(c2nc3c(F)cc(F)cc3s2)CC1. The Morgan fingerprint density at radius 2 is 1.89 bits per heavy atom. The number of urea groups is 1. The highest BCUT2D eigenvalue weighted by Gasteiger charge is 2.24. The summed E-state index contributed by atoms with van der Waals surface area (Å²) in [5.74, 6) is -1.28. The standard InChI is InChI=1S/C18H15ClF2N4OS/c19-12-3-1-2-4-14(12)22-17(26)24-5-7-25(8-6-24)18-23-16-13(21)9-11(20)10-15(16)27-18/h1-4,9-10H,5-8H2,(H,22,26). The smallest absolute Gasteiger partial charge is 0.322 e. The number of thiazole rings is 1. The van der Waals surface area contributed by atoms with Gasteiger partial charge in [-0.1, -0.05) is 35.1 Å². The maximum absolute atomic E-state index is 13.8. The fourth-order valence-electron chi connectivity index (χ4n) is 2.94. The van der Waals surface area contributed by atoms with Gasteiger partial charge in [0.1, 0.15) is 11.3 Å². The summed E-state index contributed by atoms with van der Waals surface area (Å²) >= 11 is 7.31. The van der Waals surface area contributed by atoms with E-state index in [2.05, 4.69) is 10.3 Å². The quantitative estimate of drug-likeness (QED) is 0.675. The molecule has 1 aliphatic rings. The molecule has 4 rings (SSSR count). The predicted molar refractivity (Wildman–Crippen MR) is 104 cm³/mol. The van der Waals surface area contributed by atoms with Gasteiger partial charge in [-0.05, 0) is 18.2 Å². The summed E-state index contributed by atoms with van der Waals surface area (Å²) in [6.45, 7) is 2.09. The highest BCUT2D eigenvalue weighted by atomic mass is 35.5. The van der Waals surface area contributed by atoms with Crippen molar-refractivity contribution in [2.75, 3.05) is 36.4 Å². The van der Waals surface area contributed by atoms with Crippen molar-refractivity contribution in [3.63, 3.8) is 0 Å². The van der Waals surface area contributed by atoms with Gasteiger partial charge in [-0.3, -0.25) is 0 Å². The van der Waals surface area contributed by atoms with Crippen LogP contribution in [-0.4, -0.2) is 42.1 Å². The molecule has 0 spiro atoms. The second-order valence-electron chi connectivity index (χ2n) is 6.11. The van der Waals surface area contributed by atoms with Gasteiger partial charge in [-0.25, -0.2) is 18.6 Å². The van der Waals surface area contributed by atoms with Crippen LogP contribution in [-0.2, 0) is 0 Å².